The maximum atomic E-state index is 13.0. The van der Waals surface area contributed by atoms with Crippen LogP contribution < -0.4 is 9.47 Å². The highest BCUT2D eigenvalue weighted by atomic mass is 16.5. The van der Waals surface area contributed by atoms with E-state index in [0.717, 1.165) is 18.4 Å². The van der Waals surface area contributed by atoms with Crippen LogP contribution in [0.2, 0.25) is 0 Å². The number of hydrogen-bond acceptors (Lipinski definition) is 7. The number of amides is 1. The van der Waals surface area contributed by atoms with Crippen LogP contribution in [0, 0.1) is 0 Å². The van der Waals surface area contributed by atoms with Gasteiger partial charge in [0.15, 0.2) is 5.82 Å². The predicted octanol–water partition coefficient (Wildman–Crippen LogP) is 3.82. The molecule has 0 unspecified atom stereocenters. The van der Waals surface area contributed by atoms with Crippen LogP contribution in [0.3, 0.4) is 0 Å². The van der Waals surface area contributed by atoms with Crippen molar-refractivity contribution < 1.29 is 23.5 Å². The molecule has 2 heterocycles. The number of rotatable bonds is 8. The van der Waals surface area contributed by atoms with Gasteiger partial charge in [-0.1, -0.05) is 35.5 Å². The normalized spacial score (nSPS) is 14.4. The third kappa shape index (κ3) is 5.08. The zero-order valence-electron chi connectivity index (χ0n) is 18.3. The highest BCUT2D eigenvalue weighted by Crippen LogP contribution is 2.30. The Balaban J connectivity index is 1.30. The summed E-state index contributed by atoms with van der Waals surface area (Å²) in [5.41, 5.74) is 1.63. The fourth-order valence-corrected chi connectivity index (χ4v) is 3.81. The topological polar surface area (TPSA) is 86.9 Å². The van der Waals surface area contributed by atoms with Crippen molar-refractivity contribution in [2.75, 3.05) is 27.3 Å². The van der Waals surface area contributed by atoms with Crippen LogP contribution >= 0.6 is 0 Å². The van der Waals surface area contributed by atoms with E-state index in [1.807, 2.05) is 35.2 Å². The third-order valence-corrected chi connectivity index (χ3v) is 5.61. The molecule has 1 saturated heterocycles. The fraction of sp³-hybridized carbons (Fsp3) is 0.375. The first-order valence-electron chi connectivity index (χ1n) is 10.6. The number of piperidine rings is 1. The van der Waals surface area contributed by atoms with Gasteiger partial charge in [-0.3, -0.25) is 4.79 Å². The molecule has 1 aromatic heterocycles. The summed E-state index contributed by atoms with van der Waals surface area (Å²) in [7, 11) is 3.13. The van der Waals surface area contributed by atoms with Crippen molar-refractivity contribution in [1.82, 2.24) is 15.0 Å². The molecule has 0 bridgehead atoms. The average molecular weight is 437 g/mol. The van der Waals surface area contributed by atoms with Gasteiger partial charge in [-0.25, -0.2) is 0 Å². The van der Waals surface area contributed by atoms with Gasteiger partial charge in [0.05, 0.1) is 26.4 Å². The number of carbonyl (C=O) groups is 1. The van der Waals surface area contributed by atoms with Crippen molar-refractivity contribution in [3.8, 4) is 11.5 Å². The lowest BCUT2D eigenvalue weighted by Gasteiger charge is -2.31. The summed E-state index contributed by atoms with van der Waals surface area (Å²) < 4.78 is 21.6. The number of likely N-dealkylation sites (tertiary alicyclic amines) is 1. The number of hydrogen-bond donors (Lipinski definition) is 0. The SMILES string of the molecule is COc1ccc(C(=O)N2CCC(c3noc(COCc4ccccc4)n3)CC2)c(OC)c1. The van der Waals surface area contributed by atoms with Crippen molar-refractivity contribution in [1.29, 1.82) is 0 Å². The van der Waals surface area contributed by atoms with E-state index in [2.05, 4.69) is 10.1 Å². The van der Waals surface area contributed by atoms with Crippen LogP contribution in [0.5, 0.6) is 11.5 Å². The molecule has 168 valence electrons. The smallest absolute Gasteiger partial charge is 0.257 e. The molecule has 0 atom stereocenters. The minimum atomic E-state index is -0.0499. The van der Waals surface area contributed by atoms with Crippen LogP contribution in [0.4, 0.5) is 0 Å². The standard InChI is InChI=1S/C24H27N3O5/c1-29-19-8-9-20(21(14-19)30-2)24(28)27-12-10-18(11-13-27)23-25-22(32-26-23)16-31-15-17-6-4-3-5-7-17/h3-9,14,18H,10-13,15-16H2,1-2H3. The lowest BCUT2D eigenvalue weighted by molar-refractivity contribution is 0.0707. The molecule has 32 heavy (non-hydrogen) atoms. The molecule has 8 nitrogen and oxygen atoms in total. The first-order valence-corrected chi connectivity index (χ1v) is 10.6. The van der Waals surface area contributed by atoms with Gasteiger partial charge >= 0.3 is 0 Å². The minimum absolute atomic E-state index is 0.0499. The van der Waals surface area contributed by atoms with Crippen LogP contribution in [0.15, 0.2) is 53.1 Å². The summed E-state index contributed by atoms with van der Waals surface area (Å²) in [6, 6.07) is 15.2. The number of benzene rings is 2. The Hall–Kier alpha value is -3.39. The lowest BCUT2D eigenvalue weighted by atomic mass is 9.95. The van der Waals surface area contributed by atoms with E-state index in [-0.39, 0.29) is 18.4 Å². The van der Waals surface area contributed by atoms with Gasteiger partial charge in [-0.2, -0.15) is 4.98 Å². The van der Waals surface area contributed by atoms with Gasteiger partial charge < -0.3 is 23.6 Å². The molecule has 1 aliphatic heterocycles. The number of nitrogens with zero attached hydrogens (tertiary/aromatic N) is 3. The minimum Gasteiger partial charge on any atom is -0.497 e. The predicted molar refractivity (Wildman–Crippen MR) is 117 cm³/mol. The number of methoxy groups -OCH3 is 2. The molecular formula is C24H27N3O5. The zero-order valence-corrected chi connectivity index (χ0v) is 18.3. The third-order valence-electron chi connectivity index (χ3n) is 5.61. The maximum absolute atomic E-state index is 13.0. The van der Waals surface area contributed by atoms with E-state index < -0.39 is 0 Å². The largest absolute Gasteiger partial charge is 0.497 e. The monoisotopic (exact) mass is 437 g/mol. The van der Waals surface area contributed by atoms with Crippen molar-refractivity contribution in [3.05, 3.63) is 71.4 Å². The van der Waals surface area contributed by atoms with Crippen molar-refractivity contribution in [3.63, 3.8) is 0 Å². The molecule has 0 radical (unpaired) electrons. The summed E-state index contributed by atoms with van der Waals surface area (Å²) in [6.07, 6.45) is 1.54. The second kappa shape index (κ2) is 10.3. The van der Waals surface area contributed by atoms with E-state index >= 15 is 0 Å². The average Bonchev–Trinajstić information content (AvgIpc) is 3.33. The molecule has 1 aliphatic rings. The van der Waals surface area contributed by atoms with Gasteiger partial charge in [-0.15, -0.1) is 0 Å². The first kappa shape index (κ1) is 21.8. The quantitative estimate of drug-likeness (QED) is 0.529. The van der Waals surface area contributed by atoms with E-state index in [1.165, 1.54) is 0 Å². The van der Waals surface area contributed by atoms with Crippen LogP contribution in [-0.2, 0) is 18.0 Å². The van der Waals surface area contributed by atoms with Gasteiger partial charge in [0.1, 0.15) is 18.1 Å². The molecule has 0 aliphatic carbocycles. The first-order chi connectivity index (χ1) is 15.7. The summed E-state index contributed by atoms with van der Waals surface area (Å²) in [5, 5.41) is 4.14. The molecule has 0 saturated carbocycles. The van der Waals surface area contributed by atoms with Gasteiger partial charge in [0, 0.05) is 25.1 Å². The molecule has 8 heteroatoms. The van der Waals surface area contributed by atoms with Gasteiger partial charge in [-0.05, 0) is 30.5 Å². The molecule has 0 N–H and O–H groups in total. The lowest BCUT2D eigenvalue weighted by Crippen LogP contribution is -2.38. The Morgan fingerprint density at radius 1 is 1.06 bits per heavy atom. The molecular weight excluding hydrogens is 410 g/mol. The zero-order chi connectivity index (χ0) is 22.3. The molecule has 2 aromatic carbocycles. The molecule has 1 fully saturated rings. The van der Waals surface area contributed by atoms with Crippen LogP contribution in [0.25, 0.3) is 0 Å². The molecule has 0 spiro atoms. The van der Waals surface area contributed by atoms with Gasteiger partial charge in [0.2, 0.25) is 0 Å². The summed E-state index contributed by atoms with van der Waals surface area (Å²) >= 11 is 0. The van der Waals surface area contributed by atoms with Crippen LogP contribution in [0.1, 0.15) is 46.4 Å². The highest BCUT2D eigenvalue weighted by Gasteiger charge is 2.28. The van der Waals surface area contributed by atoms with E-state index in [0.29, 0.717) is 48.5 Å². The van der Waals surface area contributed by atoms with E-state index in [1.54, 1.807) is 32.4 Å². The molecule has 1 amide bonds. The van der Waals surface area contributed by atoms with Gasteiger partial charge in [0.25, 0.3) is 11.8 Å². The van der Waals surface area contributed by atoms with E-state index in [9.17, 15) is 4.79 Å². The Kier molecular flexibility index (Phi) is 7.01. The molecule has 3 aromatic rings. The Morgan fingerprint density at radius 3 is 2.56 bits per heavy atom. The summed E-state index contributed by atoms with van der Waals surface area (Å²) in [4.78, 5) is 19.3. The summed E-state index contributed by atoms with van der Waals surface area (Å²) in [5.74, 6) is 2.41. The van der Waals surface area contributed by atoms with E-state index in [4.69, 9.17) is 18.7 Å². The Morgan fingerprint density at radius 2 is 1.84 bits per heavy atom. The van der Waals surface area contributed by atoms with Crippen molar-refractivity contribution in [2.45, 2.75) is 32.0 Å². The van der Waals surface area contributed by atoms with Crippen LogP contribution in [-0.4, -0.2) is 48.3 Å². The Labute approximate surface area is 187 Å². The second-order valence-corrected chi connectivity index (χ2v) is 7.66. The number of aromatic nitrogens is 2. The maximum Gasteiger partial charge on any atom is 0.257 e. The fourth-order valence-electron chi connectivity index (χ4n) is 3.81. The molecule has 4 rings (SSSR count). The van der Waals surface area contributed by atoms with Crippen molar-refractivity contribution in [2.24, 2.45) is 0 Å². The van der Waals surface area contributed by atoms with Crippen molar-refractivity contribution >= 4 is 5.91 Å². The summed E-state index contributed by atoms with van der Waals surface area (Å²) in [6.45, 7) is 2.00. The number of ether oxygens (including phenoxy) is 3. The number of carbonyl (C=O) groups excluding carboxylic acids is 1. The Bertz CT molecular complexity index is 1030. The highest BCUT2D eigenvalue weighted by molar-refractivity contribution is 5.97. The second-order valence-electron chi connectivity index (χ2n) is 7.66.